The van der Waals surface area contributed by atoms with E-state index in [0.717, 1.165) is 0 Å². The number of aromatic nitrogens is 1. The lowest BCUT2D eigenvalue weighted by atomic mass is 9.93. The van der Waals surface area contributed by atoms with Crippen LogP contribution in [-0.2, 0) is 9.53 Å². The number of nitrogens with zero attached hydrogens (tertiary/aromatic N) is 2. The molecule has 0 amide bonds. The molecule has 41 heavy (non-hydrogen) atoms. The molecule has 5 rings (SSSR count). The standard InChI is InChI=1S/C31H28N2O7S/c1-5-40-30(36)25-26(19-10-7-6-8-11-19)32-31-33(27(25)20-12-9-13-21(17-20)37-2)29(35)24(41-31)16-18-14-22(38-3)28(34)23(15-18)39-4/h6-17,27,34H,5H2,1-4H3/b24-16+/t27-/m1/s1. The number of phenols is 1. The minimum absolute atomic E-state index is 0.141. The third-order valence-electron chi connectivity index (χ3n) is 6.58. The van der Waals surface area contributed by atoms with E-state index in [1.54, 1.807) is 44.4 Å². The molecule has 1 atom stereocenters. The van der Waals surface area contributed by atoms with Gasteiger partial charge in [-0.25, -0.2) is 9.79 Å². The van der Waals surface area contributed by atoms with Crippen molar-refractivity contribution in [2.24, 2.45) is 4.99 Å². The molecule has 210 valence electrons. The normalized spacial score (nSPS) is 14.7. The highest BCUT2D eigenvalue weighted by molar-refractivity contribution is 7.07. The predicted molar refractivity (Wildman–Crippen MR) is 155 cm³/mol. The van der Waals surface area contributed by atoms with E-state index in [0.29, 0.717) is 37.5 Å². The van der Waals surface area contributed by atoms with Crippen LogP contribution in [0.3, 0.4) is 0 Å². The highest BCUT2D eigenvalue weighted by Gasteiger charge is 2.35. The van der Waals surface area contributed by atoms with Gasteiger partial charge in [-0.1, -0.05) is 53.8 Å². The van der Waals surface area contributed by atoms with E-state index in [1.807, 2.05) is 42.5 Å². The van der Waals surface area contributed by atoms with Crippen LogP contribution in [0.2, 0.25) is 0 Å². The Bertz CT molecular complexity index is 1800. The van der Waals surface area contributed by atoms with Crippen LogP contribution in [0.1, 0.15) is 29.7 Å². The topological polar surface area (TPSA) is 109 Å². The highest BCUT2D eigenvalue weighted by atomic mass is 32.1. The number of phenolic OH excluding ortho intramolecular Hbond substituents is 1. The maximum Gasteiger partial charge on any atom is 0.338 e. The zero-order valence-electron chi connectivity index (χ0n) is 22.9. The van der Waals surface area contributed by atoms with E-state index in [4.69, 9.17) is 23.9 Å². The van der Waals surface area contributed by atoms with E-state index in [2.05, 4.69) is 0 Å². The molecule has 0 saturated carbocycles. The van der Waals surface area contributed by atoms with Crippen molar-refractivity contribution in [1.82, 2.24) is 4.57 Å². The Kier molecular flexibility index (Phi) is 7.93. The van der Waals surface area contributed by atoms with Crippen molar-refractivity contribution in [3.63, 3.8) is 0 Å². The molecule has 0 fully saturated rings. The molecule has 1 aromatic heterocycles. The van der Waals surface area contributed by atoms with Gasteiger partial charge in [-0.3, -0.25) is 9.36 Å². The van der Waals surface area contributed by atoms with Gasteiger partial charge in [0.25, 0.3) is 5.56 Å². The second-order valence-electron chi connectivity index (χ2n) is 8.98. The van der Waals surface area contributed by atoms with Gasteiger partial charge in [0.05, 0.1) is 49.8 Å². The quantitative estimate of drug-likeness (QED) is 0.321. The van der Waals surface area contributed by atoms with Crippen molar-refractivity contribution in [3.05, 3.63) is 109 Å². The van der Waals surface area contributed by atoms with E-state index < -0.39 is 12.0 Å². The fourth-order valence-corrected chi connectivity index (χ4v) is 5.72. The first kappa shape index (κ1) is 27.7. The second kappa shape index (κ2) is 11.7. The number of carbonyl (C=O) groups excluding carboxylic acids is 1. The summed E-state index contributed by atoms with van der Waals surface area (Å²) in [5.41, 5.74) is 2.29. The molecule has 1 aliphatic rings. The van der Waals surface area contributed by atoms with E-state index in [-0.39, 0.29) is 35.0 Å². The number of fused-ring (bicyclic) bond motifs is 1. The minimum atomic E-state index is -0.832. The minimum Gasteiger partial charge on any atom is -0.502 e. The number of esters is 1. The second-order valence-corrected chi connectivity index (χ2v) is 9.99. The summed E-state index contributed by atoms with van der Waals surface area (Å²) in [4.78, 5) is 32.9. The third-order valence-corrected chi connectivity index (χ3v) is 7.57. The smallest absolute Gasteiger partial charge is 0.338 e. The predicted octanol–water partition coefficient (Wildman–Crippen LogP) is 3.67. The number of rotatable bonds is 8. The Balaban J connectivity index is 1.83. The first-order chi connectivity index (χ1) is 19.9. The maximum absolute atomic E-state index is 14.1. The summed E-state index contributed by atoms with van der Waals surface area (Å²) in [5.74, 6) is 0.278. The molecule has 3 aromatic carbocycles. The summed E-state index contributed by atoms with van der Waals surface area (Å²) in [6.45, 7) is 1.89. The van der Waals surface area contributed by atoms with E-state index >= 15 is 0 Å². The van der Waals surface area contributed by atoms with Crippen molar-refractivity contribution >= 4 is 29.1 Å². The number of benzene rings is 3. The number of carbonyl (C=O) groups is 1. The van der Waals surface area contributed by atoms with Gasteiger partial charge in [0.15, 0.2) is 16.3 Å². The fourth-order valence-electron chi connectivity index (χ4n) is 4.72. The SMILES string of the molecule is CCOC(=O)C1=C(c2ccccc2)N=c2s/c(=C/c3cc(OC)c(O)c(OC)c3)c(=O)n2[C@@H]1c1cccc(OC)c1. The van der Waals surface area contributed by atoms with Gasteiger partial charge < -0.3 is 24.1 Å². The van der Waals surface area contributed by atoms with Gasteiger partial charge in [0.1, 0.15) is 5.75 Å². The molecular formula is C31H28N2O7S. The van der Waals surface area contributed by atoms with Crippen LogP contribution in [0, 0.1) is 0 Å². The Morgan fingerprint density at radius 2 is 1.71 bits per heavy atom. The first-order valence-electron chi connectivity index (χ1n) is 12.8. The molecule has 0 unspecified atom stereocenters. The molecular weight excluding hydrogens is 544 g/mol. The van der Waals surface area contributed by atoms with Crippen molar-refractivity contribution in [3.8, 4) is 23.0 Å². The maximum atomic E-state index is 14.1. The number of aromatic hydroxyl groups is 1. The van der Waals surface area contributed by atoms with Crippen LogP contribution in [-0.4, -0.2) is 43.6 Å². The molecule has 4 aromatic rings. The van der Waals surface area contributed by atoms with Gasteiger partial charge in [-0.05, 0) is 48.4 Å². The fraction of sp³-hybridized carbons (Fsp3) is 0.194. The van der Waals surface area contributed by atoms with Crippen LogP contribution in [0.5, 0.6) is 23.0 Å². The molecule has 0 aliphatic carbocycles. The molecule has 1 N–H and O–H groups in total. The van der Waals surface area contributed by atoms with Crippen LogP contribution in [0.15, 0.2) is 82.1 Å². The molecule has 10 heteroatoms. The molecule has 0 radical (unpaired) electrons. The first-order valence-corrected chi connectivity index (χ1v) is 13.6. The molecule has 0 bridgehead atoms. The molecule has 0 spiro atoms. The van der Waals surface area contributed by atoms with Gasteiger partial charge in [-0.2, -0.15) is 0 Å². The van der Waals surface area contributed by atoms with Crippen LogP contribution in [0.25, 0.3) is 11.8 Å². The van der Waals surface area contributed by atoms with Crippen molar-refractivity contribution in [2.45, 2.75) is 13.0 Å². The number of hydrogen-bond acceptors (Lipinski definition) is 9. The summed E-state index contributed by atoms with van der Waals surface area (Å²) in [5, 5.41) is 10.3. The Morgan fingerprint density at radius 3 is 2.34 bits per heavy atom. The zero-order valence-corrected chi connectivity index (χ0v) is 23.7. The van der Waals surface area contributed by atoms with Crippen LogP contribution >= 0.6 is 11.3 Å². The number of ether oxygens (including phenoxy) is 4. The Morgan fingerprint density at radius 1 is 1.00 bits per heavy atom. The van der Waals surface area contributed by atoms with Gasteiger partial charge in [0, 0.05) is 5.56 Å². The average molecular weight is 573 g/mol. The van der Waals surface area contributed by atoms with Gasteiger partial charge in [0.2, 0.25) is 5.75 Å². The van der Waals surface area contributed by atoms with Gasteiger partial charge in [-0.15, -0.1) is 0 Å². The van der Waals surface area contributed by atoms with Crippen molar-refractivity contribution < 1.29 is 28.8 Å². The Labute approximate surface area is 239 Å². The third kappa shape index (κ3) is 5.21. The lowest BCUT2D eigenvalue weighted by molar-refractivity contribution is -0.138. The average Bonchev–Trinajstić information content (AvgIpc) is 3.31. The monoisotopic (exact) mass is 572 g/mol. The van der Waals surface area contributed by atoms with Crippen LogP contribution in [0.4, 0.5) is 0 Å². The van der Waals surface area contributed by atoms with E-state index in [1.165, 1.54) is 30.1 Å². The van der Waals surface area contributed by atoms with Crippen LogP contribution < -0.4 is 29.1 Å². The summed E-state index contributed by atoms with van der Waals surface area (Å²) in [6.07, 6.45) is 1.67. The zero-order chi connectivity index (χ0) is 29.1. The largest absolute Gasteiger partial charge is 0.502 e. The summed E-state index contributed by atoms with van der Waals surface area (Å²) < 4.78 is 23.4. The highest BCUT2D eigenvalue weighted by Crippen LogP contribution is 2.38. The molecule has 2 heterocycles. The Hall–Kier alpha value is -4.83. The number of hydrogen-bond donors (Lipinski definition) is 1. The molecule has 1 aliphatic heterocycles. The van der Waals surface area contributed by atoms with Crippen molar-refractivity contribution in [2.75, 3.05) is 27.9 Å². The summed E-state index contributed by atoms with van der Waals surface area (Å²) in [7, 11) is 4.42. The molecule has 0 saturated heterocycles. The summed E-state index contributed by atoms with van der Waals surface area (Å²) in [6, 6.07) is 19.0. The number of methoxy groups -OCH3 is 3. The summed E-state index contributed by atoms with van der Waals surface area (Å²) >= 11 is 1.19. The number of thiazole rings is 1. The van der Waals surface area contributed by atoms with Gasteiger partial charge >= 0.3 is 5.97 Å². The lowest BCUT2D eigenvalue weighted by Gasteiger charge is -2.26. The van der Waals surface area contributed by atoms with E-state index in [9.17, 15) is 14.7 Å². The van der Waals surface area contributed by atoms with Crippen molar-refractivity contribution in [1.29, 1.82) is 0 Å². The molecule has 9 nitrogen and oxygen atoms in total. The lowest BCUT2D eigenvalue weighted by Crippen LogP contribution is -2.40.